The van der Waals surface area contributed by atoms with Crippen LogP contribution in [0.25, 0.3) is 10.8 Å². The van der Waals surface area contributed by atoms with Crippen LogP contribution in [0, 0.1) is 10.1 Å². The Hall–Kier alpha value is -2.78. The van der Waals surface area contributed by atoms with Crippen LogP contribution < -0.4 is 5.43 Å². The van der Waals surface area contributed by atoms with Crippen molar-refractivity contribution in [2.75, 3.05) is 0 Å². The molecule has 7 nitrogen and oxygen atoms in total. The first-order valence-electron chi connectivity index (χ1n) is 8.01. The molecule has 0 aliphatic carbocycles. The van der Waals surface area contributed by atoms with Gasteiger partial charge in [-0.3, -0.25) is 14.9 Å². The molecule has 142 valence electrons. The topological polar surface area (TPSA) is 105 Å². The average Bonchev–Trinajstić information content (AvgIpc) is 2.67. The highest BCUT2D eigenvalue weighted by atomic mass is 79.9. The maximum atomic E-state index is 12.2. The van der Waals surface area contributed by atoms with Gasteiger partial charge in [0, 0.05) is 22.2 Å². The molecule has 0 radical (unpaired) electrons. The van der Waals surface area contributed by atoms with E-state index in [2.05, 4.69) is 42.4 Å². The minimum absolute atomic E-state index is 0.107. The Kier molecular flexibility index (Phi) is 6.05. The Morgan fingerprint density at radius 3 is 2.57 bits per heavy atom. The molecule has 9 heteroatoms. The van der Waals surface area contributed by atoms with Crippen molar-refractivity contribution in [3.63, 3.8) is 0 Å². The number of nitrogens with one attached hydrogen (secondary N) is 1. The molecule has 0 heterocycles. The molecule has 1 amide bonds. The van der Waals surface area contributed by atoms with Gasteiger partial charge >= 0.3 is 0 Å². The highest BCUT2D eigenvalue weighted by Crippen LogP contribution is 2.31. The van der Waals surface area contributed by atoms with Crippen molar-refractivity contribution < 1.29 is 14.8 Å². The Morgan fingerprint density at radius 2 is 1.86 bits per heavy atom. The van der Waals surface area contributed by atoms with Crippen LogP contribution >= 0.6 is 31.9 Å². The van der Waals surface area contributed by atoms with Crippen molar-refractivity contribution in [2.24, 2.45) is 5.10 Å². The van der Waals surface area contributed by atoms with Crippen molar-refractivity contribution in [3.05, 3.63) is 78.7 Å². The number of amides is 1. The SMILES string of the molecule is O=C(Cc1ccc(Br)c2ccccc12)NN=Cc1cc([N+](=O)[O-])cc(Br)c1O. The number of phenolic OH excluding ortho intramolecular Hbond substituents is 1. The molecule has 0 saturated heterocycles. The summed E-state index contributed by atoms with van der Waals surface area (Å²) >= 11 is 6.55. The maximum Gasteiger partial charge on any atom is 0.271 e. The lowest BCUT2D eigenvalue weighted by Gasteiger charge is -2.07. The molecular weight excluding hydrogens is 494 g/mol. The summed E-state index contributed by atoms with van der Waals surface area (Å²) in [6, 6.07) is 13.8. The lowest BCUT2D eigenvalue weighted by Crippen LogP contribution is -2.20. The first-order valence-corrected chi connectivity index (χ1v) is 9.60. The van der Waals surface area contributed by atoms with Gasteiger partial charge in [0.1, 0.15) is 5.75 Å². The summed E-state index contributed by atoms with van der Waals surface area (Å²) in [6.07, 6.45) is 1.26. The molecule has 3 aromatic rings. The third kappa shape index (κ3) is 4.37. The summed E-state index contributed by atoms with van der Waals surface area (Å²) in [5, 5.41) is 26.6. The number of nitro groups is 1. The standard InChI is InChI=1S/C19H13Br2N3O4/c20-16-6-5-11(14-3-1-2-4-15(14)16)8-18(25)23-22-10-12-7-13(24(27)28)9-17(21)19(12)26/h1-7,9-10,26H,8H2,(H,23,25). The number of non-ortho nitro benzene ring substituents is 1. The zero-order valence-electron chi connectivity index (χ0n) is 14.2. The molecule has 0 atom stereocenters. The van der Waals surface area contributed by atoms with Crippen molar-refractivity contribution in [1.29, 1.82) is 0 Å². The van der Waals surface area contributed by atoms with E-state index in [4.69, 9.17) is 0 Å². The van der Waals surface area contributed by atoms with Crippen LogP contribution in [-0.2, 0) is 11.2 Å². The molecule has 0 aliphatic heterocycles. The van der Waals surface area contributed by atoms with Crippen molar-refractivity contribution in [1.82, 2.24) is 5.43 Å². The molecule has 0 bridgehead atoms. The molecule has 28 heavy (non-hydrogen) atoms. The molecule has 0 unspecified atom stereocenters. The van der Waals surface area contributed by atoms with Crippen molar-refractivity contribution in [2.45, 2.75) is 6.42 Å². The minimum Gasteiger partial charge on any atom is -0.506 e. The quantitative estimate of drug-likeness (QED) is 0.298. The first kappa shape index (κ1) is 20.0. The van der Waals surface area contributed by atoms with Crippen molar-refractivity contribution in [3.8, 4) is 5.75 Å². The smallest absolute Gasteiger partial charge is 0.271 e. The molecule has 0 saturated carbocycles. The second-order valence-electron chi connectivity index (χ2n) is 5.84. The third-order valence-corrected chi connectivity index (χ3v) is 5.29. The van der Waals surface area contributed by atoms with Gasteiger partial charge in [0.15, 0.2) is 0 Å². The second kappa shape index (κ2) is 8.49. The van der Waals surface area contributed by atoms with Crippen molar-refractivity contribution >= 4 is 60.4 Å². The monoisotopic (exact) mass is 505 g/mol. The van der Waals surface area contributed by atoms with E-state index in [9.17, 15) is 20.0 Å². The van der Waals surface area contributed by atoms with Gasteiger partial charge in [-0.2, -0.15) is 5.10 Å². The number of carbonyl (C=O) groups is 1. The Bertz CT molecular complexity index is 1120. The maximum absolute atomic E-state index is 12.2. The summed E-state index contributed by atoms with van der Waals surface area (Å²) in [6.45, 7) is 0. The van der Waals surface area contributed by atoms with Gasteiger partial charge in [-0.25, -0.2) is 5.43 Å². The largest absolute Gasteiger partial charge is 0.506 e. The number of hydrogen-bond acceptors (Lipinski definition) is 5. The predicted octanol–water partition coefficient (Wildman–Crippen LogP) is 4.67. The molecule has 0 fully saturated rings. The number of nitrogens with zero attached hydrogens (tertiary/aromatic N) is 2. The predicted molar refractivity (Wildman–Crippen MR) is 114 cm³/mol. The van der Waals surface area contributed by atoms with Crippen LogP contribution in [0.1, 0.15) is 11.1 Å². The summed E-state index contributed by atoms with van der Waals surface area (Å²) < 4.78 is 1.10. The Labute approximate surface area is 176 Å². The summed E-state index contributed by atoms with van der Waals surface area (Å²) in [7, 11) is 0. The van der Waals surface area contributed by atoms with E-state index < -0.39 is 4.92 Å². The normalized spacial score (nSPS) is 11.1. The molecular formula is C19H13Br2N3O4. The van der Waals surface area contributed by atoms with E-state index in [0.29, 0.717) is 0 Å². The minimum atomic E-state index is -0.585. The zero-order chi connectivity index (χ0) is 20.3. The summed E-state index contributed by atoms with van der Waals surface area (Å²) in [4.78, 5) is 22.6. The van der Waals surface area contributed by atoms with Gasteiger partial charge in [-0.15, -0.1) is 0 Å². The van der Waals surface area contributed by atoms with Gasteiger partial charge < -0.3 is 5.11 Å². The second-order valence-corrected chi connectivity index (χ2v) is 7.55. The third-order valence-electron chi connectivity index (χ3n) is 3.99. The fourth-order valence-electron chi connectivity index (χ4n) is 2.67. The van der Waals surface area contributed by atoms with Crippen LogP contribution in [0.5, 0.6) is 5.75 Å². The van der Waals surface area contributed by atoms with Crippen LogP contribution in [0.4, 0.5) is 5.69 Å². The van der Waals surface area contributed by atoms with Crippen LogP contribution in [-0.4, -0.2) is 22.2 Å². The fourth-order valence-corrected chi connectivity index (χ4v) is 3.62. The number of aromatic hydroxyl groups is 1. The zero-order valence-corrected chi connectivity index (χ0v) is 17.4. The summed E-state index contributed by atoms with van der Waals surface area (Å²) in [5.41, 5.74) is 3.11. The van der Waals surface area contributed by atoms with Gasteiger partial charge in [0.25, 0.3) is 5.69 Å². The molecule has 3 rings (SSSR count). The number of fused-ring (bicyclic) bond motifs is 1. The number of halogens is 2. The van der Waals surface area contributed by atoms with Crippen LogP contribution in [0.3, 0.4) is 0 Å². The highest BCUT2D eigenvalue weighted by molar-refractivity contribution is 9.11. The average molecular weight is 507 g/mol. The lowest BCUT2D eigenvalue weighted by molar-refractivity contribution is -0.385. The molecule has 0 aliphatic rings. The molecule has 0 spiro atoms. The summed E-state index contributed by atoms with van der Waals surface area (Å²) in [5.74, 6) is -0.560. The van der Waals surface area contributed by atoms with E-state index >= 15 is 0 Å². The molecule has 3 aromatic carbocycles. The van der Waals surface area contributed by atoms with E-state index in [1.165, 1.54) is 6.07 Å². The van der Waals surface area contributed by atoms with E-state index in [0.717, 1.165) is 33.1 Å². The number of hydrogen-bond donors (Lipinski definition) is 2. The lowest BCUT2D eigenvalue weighted by atomic mass is 10.0. The Balaban J connectivity index is 1.75. The molecule has 2 N–H and O–H groups in total. The first-order chi connectivity index (χ1) is 13.4. The number of phenols is 1. The van der Waals surface area contributed by atoms with Gasteiger partial charge in [-0.05, 0) is 38.3 Å². The van der Waals surface area contributed by atoms with Gasteiger partial charge in [0.05, 0.1) is 22.0 Å². The van der Waals surface area contributed by atoms with Crippen LogP contribution in [0.2, 0.25) is 0 Å². The fraction of sp³-hybridized carbons (Fsp3) is 0.0526. The number of nitro benzene ring substituents is 1. The Morgan fingerprint density at radius 1 is 1.14 bits per heavy atom. The number of rotatable bonds is 5. The number of benzene rings is 3. The number of hydrazone groups is 1. The number of carbonyl (C=O) groups excluding carboxylic acids is 1. The van der Waals surface area contributed by atoms with Gasteiger partial charge in [-0.1, -0.05) is 46.3 Å². The van der Waals surface area contributed by atoms with Crippen LogP contribution in [0.15, 0.2) is 62.6 Å². The van der Waals surface area contributed by atoms with E-state index in [-0.39, 0.29) is 33.8 Å². The van der Waals surface area contributed by atoms with Gasteiger partial charge in [0.2, 0.25) is 5.91 Å². The highest BCUT2D eigenvalue weighted by Gasteiger charge is 2.14. The molecule has 0 aromatic heterocycles. The van der Waals surface area contributed by atoms with E-state index in [1.807, 2.05) is 36.4 Å². The van der Waals surface area contributed by atoms with E-state index in [1.54, 1.807) is 0 Å².